The zero-order valence-electron chi connectivity index (χ0n) is 18.0. The molecular formula is C24H28N6S. The van der Waals surface area contributed by atoms with Gasteiger partial charge in [-0.2, -0.15) is 0 Å². The first-order valence-corrected chi connectivity index (χ1v) is 11.5. The summed E-state index contributed by atoms with van der Waals surface area (Å²) >= 11 is 1.61. The van der Waals surface area contributed by atoms with E-state index in [0.29, 0.717) is 0 Å². The summed E-state index contributed by atoms with van der Waals surface area (Å²) in [5.74, 6) is 0. The molecule has 0 aliphatic rings. The molecular weight excluding hydrogens is 404 g/mol. The van der Waals surface area contributed by atoms with Crippen molar-refractivity contribution in [2.75, 3.05) is 36.8 Å². The van der Waals surface area contributed by atoms with Gasteiger partial charge in [-0.15, -0.1) is 11.3 Å². The van der Waals surface area contributed by atoms with Crippen LogP contribution in [0, 0.1) is 0 Å². The predicted molar refractivity (Wildman–Crippen MR) is 131 cm³/mol. The topological polar surface area (TPSA) is 58.0 Å². The number of thiazole rings is 1. The summed E-state index contributed by atoms with van der Waals surface area (Å²) in [6.45, 7) is 8.58. The van der Waals surface area contributed by atoms with Crippen LogP contribution in [0.3, 0.4) is 0 Å². The van der Waals surface area contributed by atoms with Crippen LogP contribution in [0.4, 0.5) is 16.5 Å². The Morgan fingerprint density at radius 3 is 2.39 bits per heavy atom. The van der Waals surface area contributed by atoms with Crippen molar-refractivity contribution in [1.29, 1.82) is 0 Å². The van der Waals surface area contributed by atoms with Crippen LogP contribution < -0.4 is 10.6 Å². The van der Waals surface area contributed by atoms with Gasteiger partial charge in [0.05, 0.1) is 12.0 Å². The second-order valence-corrected chi connectivity index (χ2v) is 8.07. The van der Waals surface area contributed by atoms with Gasteiger partial charge in [0.1, 0.15) is 0 Å². The molecule has 0 amide bonds. The molecule has 0 unspecified atom stereocenters. The van der Waals surface area contributed by atoms with Gasteiger partial charge in [-0.3, -0.25) is 0 Å². The van der Waals surface area contributed by atoms with Gasteiger partial charge in [0, 0.05) is 53.5 Å². The number of benzene rings is 2. The third-order valence-electron chi connectivity index (χ3n) is 5.26. The molecule has 31 heavy (non-hydrogen) atoms. The zero-order chi connectivity index (χ0) is 21.5. The van der Waals surface area contributed by atoms with Gasteiger partial charge >= 0.3 is 0 Å². The van der Waals surface area contributed by atoms with Crippen LogP contribution in [0.2, 0.25) is 0 Å². The standard InChI is InChI=1S/C24H28N6S/c1-3-29(4-2)15-14-26-20-7-9-21(10-8-20)27-24-28-23(17-31-24)19-5-11-22(12-6-19)30-16-13-25-18-30/h5-13,16-18,26H,3-4,14-15H2,1-2H3,(H,27,28). The van der Waals surface area contributed by atoms with Crippen molar-refractivity contribution in [3.05, 3.63) is 72.6 Å². The fraction of sp³-hybridized carbons (Fsp3) is 0.250. The van der Waals surface area contributed by atoms with E-state index in [9.17, 15) is 0 Å². The van der Waals surface area contributed by atoms with Crippen LogP contribution in [-0.2, 0) is 0 Å². The molecule has 160 valence electrons. The molecule has 0 aliphatic carbocycles. The number of aromatic nitrogens is 3. The first-order chi connectivity index (χ1) is 15.2. The molecule has 0 fully saturated rings. The molecule has 2 aromatic carbocycles. The highest BCUT2D eigenvalue weighted by Crippen LogP contribution is 2.28. The molecule has 0 aliphatic heterocycles. The van der Waals surface area contributed by atoms with E-state index in [0.717, 1.165) is 59.6 Å². The van der Waals surface area contributed by atoms with Crippen molar-refractivity contribution in [2.24, 2.45) is 0 Å². The molecule has 6 nitrogen and oxygen atoms in total. The Morgan fingerprint density at radius 2 is 1.71 bits per heavy atom. The summed E-state index contributed by atoms with van der Waals surface area (Å²) in [6.07, 6.45) is 5.51. The van der Waals surface area contributed by atoms with Gasteiger partial charge in [-0.05, 0) is 49.5 Å². The summed E-state index contributed by atoms with van der Waals surface area (Å²) in [7, 11) is 0. The van der Waals surface area contributed by atoms with Gasteiger partial charge in [0.15, 0.2) is 5.13 Å². The average Bonchev–Trinajstić information content (AvgIpc) is 3.51. The Balaban J connectivity index is 1.33. The number of nitrogens with zero attached hydrogens (tertiary/aromatic N) is 4. The Labute approximate surface area is 187 Å². The smallest absolute Gasteiger partial charge is 0.187 e. The van der Waals surface area contributed by atoms with E-state index in [1.54, 1.807) is 23.9 Å². The number of rotatable bonds is 10. The number of anilines is 3. The van der Waals surface area contributed by atoms with E-state index in [4.69, 9.17) is 4.98 Å². The third-order valence-corrected chi connectivity index (χ3v) is 6.02. The summed E-state index contributed by atoms with van der Waals surface area (Å²) in [5, 5.41) is 9.86. The van der Waals surface area contributed by atoms with Gasteiger partial charge in [-0.25, -0.2) is 9.97 Å². The molecule has 2 N–H and O–H groups in total. The molecule has 0 saturated heterocycles. The Kier molecular flexibility index (Phi) is 6.96. The summed E-state index contributed by atoms with van der Waals surface area (Å²) in [6, 6.07) is 16.7. The van der Waals surface area contributed by atoms with Gasteiger partial charge in [0.25, 0.3) is 0 Å². The summed E-state index contributed by atoms with van der Waals surface area (Å²) in [5.41, 5.74) is 5.32. The quantitative estimate of drug-likeness (QED) is 0.347. The van der Waals surface area contributed by atoms with Crippen LogP contribution >= 0.6 is 11.3 Å². The molecule has 4 rings (SSSR count). The van der Waals surface area contributed by atoms with E-state index in [1.807, 2.05) is 10.8 Å². The lowest BCUT2D eigenvalue weighted by Crippen LogP contribution is -2.28. The summed E-state index contributed by atoms with van der Waals surface area (Å²) < 4.78 is 1.99. The Morgan fingerprint density at radius 1 is 0.968 bits per heavy atom. The number of hydrogen-bond acceptors (Lipinski definition) is 6. The molecule has 4 aromatic rings. The lowest BCUT2D eigenvalue weighted by Gasteiger charge is -2.18. The van der Waals surface area contributed by atoms with E-state index < -0.39 is 0 Å². The third kappa shape index (κ3) is 5.51. The van der Waals surface area contributed by atoms with Gasteiger partial charge < -0.3 is 20.1 Å². The van der Waals surface area contributed by atoms with Crippen LogP contribution in [0.15, 0.2) is 72.6 Å². The number of nitrogens with one attached hydrogen (secondary N) is 2. The second-order valence-electron chi connectivity index (χ2n) is 7.21. The maximum absolute atomic E-state index is 4.75. The van der Waals surface area contributed by atoms with Gasteiger partial charge in [0.2, 0.25) is 0 Å². The normalized spacial score (nSPS) is 11.1. The highest BCUT2D eigenvalue weighted by molar-refractivity contribution is 7.14. The maximum atomic E-state index is 4.75. The largest absolute Gasteiger partial charge is 0.384 e. The molecule has 0 spiro atoms. The molecule has 2 aromatic heterocycles. The van der Waals surface area contributed by atoms with Crippen molar-refractivity contribution in [2.45, 2.75) is 13.8 Å². The van der Waals surface area contributed by atoms with Crippen LogP contribution in [-0.4, -0.2) is 45.6 Å². The molecule has 0 radical (unpaired) electrons. The lowest BCUT2D eigenvalue weighted by atomic mass is 10.1. The molecule has 2 heterocycles. The van der Waals surface area contributed by atoms with Crippen LogP contribution in [0.25, 0.3) is 16.9 Å². The van der Waals surface area contributed by atoms with Crippen molar-refractivity contribution in [1.82, 2.24) is 19.4 Å². The Hall–Kier alpha value is -3.16. The minimum atomic E-state index is 0.885. The van der Waals surface area contributed by atoms with Gasteiger partial charge in [-0.1, -0.05) is 26.0 Å². The van der Waals surface area contributed by atoms with E-state index >= 15 is 0 Å². The van der Waals surface area contributed by atoms with Crippen LogP contribution in [0.5, 0.6) is 0 Å². The van der Waals surface area contributed by atoms with E-state index in [-0.39, 0.29) is 0 Å². The van der Waals surface area contributed by atoms with Crippen molar-refractivity contribution < 1.29 is 0 Å². The molecule has 0 atom stereocenters. The first-order valence-electron chi connectivity index (χ1n) is 10.6. The van der Waals surface area contributed by atoms with Crippen molar-refractivity contribution >= 4 is 27.8 Å². The predicted octanol–water partition coefficient (Wildman–Crippen LogP) is 5.49. The minimum Gasteiger partial charge on any atom is -0.384 e. The number of likely N-dealkylation sites (N-methyl/N-ethyl adjacent to an activating group) is 1. The van der Waals surface area contributed by atoms with E-state index in [1.165, 1.54) is 0 Å². The average molecular weight is 433 g/mol. The second kappa shape index (κ2) is 10.2. The maximum Gasteiger partial charge on any atom is 0.187 e. The van der Waals surface area contributed by atoms with Crippen molar-refractivity contribution in [3.8, 4) is 16.9 Å². The highest BCUT2D eigenvalue weighted by atomic mass is 32.1. The lowest BCUT2D eigenvalue weighted by molar-refractivity contribution is 0.316. The first kappa shape index (κ1) is 21.1. The fourth-order valence-corrected chi connectivity index (χ4v) is 4.11. The monoisotopic (exact) mass is 432 g/mol. The molecule has 7 heteroatoms. The number of hydrogen-bond donors (Lipinski definition) is 2. The number of imidazole rings is 1. The summed E-state index contributed by atoms with van der Waals surface area (Å²) in [4.78, 5) is 11.3. The van der Waals surface area contributed by atoms with E-state index in [2.05, 4.69) is 88.3 Å². The zero-order valence-corrected chi connectivity index (χ0v) is 18.8. The highest BCUT2D eigenvalue weighted by Gasteiger charge is 2.06. The fourth-order valence-electron chi connectivity index (χ4n) is 3.37. The van der Waals surface area contributed by atoms with Crippen molar-refractivity contribution in [3.63, 3.8) is 0 Å². The molecule has 0 saturated carbocycles. The Bertz CT molecular complexity index is 1050. The SMILES string of the molecule is CCN(CC)CCNc1ccc(Nc2nc(-c3ccc(-n4ccnc4)cc3)cs2)cc1. The minimum absolute atomic E-state index is 0.885. The molecule has 0 bridgehead atoms. The van der Waals surface area contributed by atoms with Crippen LogP contribution in [0.1, 0.15) is 13.8 Å².